The standard InChI is InChI=1S/C13H22N4O2/c1-4-6-14-11-10(18-3)12(16-9-15-11)17-13(2)5-7-19-8-13/h9H,4-8H2,1-3H3,(H2,14,15,16,17). The smallest absolute Gasteiger partial charge is 0.204 e. The molecular weight excluding hydrogens is 244 g/mol. The number of rotatable bonds is 6. The average Bonchev–Trinajstić information content (AvgIpc) is 2.83. The molecule has 6 nitrogen and oxygen atoms in total. The van der Waals surface area contributed by atoms with Crippen LogP contribution in [0.1, 0.15) is 26.7 Å². The van der Waals surface area contributed by atoms with Crippen LogP contribution in [0.5, 0.6) is 5.75 Å². The Kier molecular flexibility index (Phi) is 4.42. The first kappa shape index (κ1) is 13.9. The zero-order valence-corrected chi connectivity index (χ0v) is 11.8. The van der Waals surface area contributed by atoms with Crippen molar-refractivity contribution in [2.24, 2.45) is 0 Å². The van der Waals surface area contributed by atoms with E-state index in [0.29, 0.717) is 18.2 Å². The van der Waals surface area contributed by atoms with Gasteiger partial charge in [-0.1, -0.05) is 6.92 Å². The van der Waals surface area contributed by atoms with Crippen molar-refractivity contribution in [1.29, 1.82) is 0 Å². The first-order valence-electron chi connectivity index (χ1n) is 6.67. The van der Waals surface area contributed by atoms with Crippen molar-refractivity contribution in [2.75, 3.05) is 37.5 Å². The summed E-state index contributed by atoms with van der Waals surface area (Å²) in [7, 11) is 1.63. The van der Waals surface area contributed by atoms with Gasteiger partial charge >= 0.3 is 0 Å². The van der Waals surface area contributed by atoms with E-state index in [4.69, 9.17) is 9.47 Å². The van der Waals surface area contributed by atoms with Crippen molar-refractivity contribution in [3.8, 4) is 5.75 Å². The molecule has 2 heterocycles. The van der Waals surface area contributed by atoms with Crippen molar-refractivity contribution in [3.63, 3.8) is 0 Å². The highest BCUT2D eigenvalue weighted by atomic mass is 16.5. The molecule has 1 aromatic rings. The van der Waals surface area contributed by atoms with Gasteiger partial charge in [-0.15, -0.1) is 0 Å². The lowest BCUT2D eigenvalue weighted by atomic mass is 10.0. The van der Waals surface area contributed by atoms with E-state index in [1.54, 1.807) is 13.4 Å². The van der Waals surface area contributed by atoms with Crippen LogP contribution in [0, 0.1) is 0 Å². The lowest BCUT2D eigenvalue weighted by Gasteiger charge is -2.25. The van der Waals surface area contributed by atoms with E-state index >= 15 is 0 Å². The molecule has 1 saturated heterocycles. The van der Waals surface area contributed by atoms with Crippen LogP contribution >= 0.6 is 0 Å². The predicted molar refractivity (Wildman–Crippen MR) is 74.8 cm³/mol. The highest BCUT2D eigenvalue weighted by molar-refractivity contribution is 5.64. The number of methoxy groups -OCH3 is 1. The Morgan fingerprint density at radius 3 is 2.84 bits per heavy atom. The third-order valence-electron chi connectivity index (χ3n) is 3.19. The van der Waals surface area contributed by atoms with Crippen LogP contribution in [0.25, 0.3) is 0 Å². The molecule has 1 fully saturated rings. The number of nitrogens with zero attached hydrogens (tertiary/aromatic N) is 2. The van der Waals surface area contributed by atoms with Gasteiger partial charge < -0.3 is 20.1 Å². The van der Waals surface area contributed by atoms with E-state index in [1.165, 1.54) is 0 Å². The maximum Gasteiger partial charge on any atom is 0.204 e. The van der Waals surface area contributed by atoms with Gasteiger partial charge in [0.2, 0.25) is 5.75 Å². The monoisotopic (exact) mass is 266 g/mol. The van der Waals surface area contributed by atoms with E-state index in [9.17, 15) is 0 Å². The summed E-state index contributed by atoms with van der Waals surface area (Å²) >= 11 is 0. The van der Waals surface area contributed by atoms with Gasteiger partial charge in [0.1, 0.15) is 6.33 Å². The minimum Gasteiger partial charge on any atom is -0.490 e. The van der Waals surface area contributed by atoms with E-state index in [2.05, 4.69) is 34.4 Å². The molecular formula is C13H22N4O2. The SMILES string of the molecule is CCCNc1ncnc(NC2(C)CCOC2)c1OC. The molecule has 1 aliphatic heterocycles. The Bertz CT molecular complexity index is 419. The maximum atomic E-state index is 5.44. The predicted octanol–water partition coefficient (Wildman–Crippen LogP) is 1.90. The summed E-state index contributed by atoms with van der Waals surface area (Å²) in [6, 6.07) is 0. The minimum absolute atomic E-state index is 0.0936. The normalized spacial score (nSPS) is 22.3. The summed E-state index contributed by atoms with van der Waals surface area (Å²) in [5.74, 6) is 2.09. The van der Waals surface area contributed by atoms with Crippen molar-refractivity contribution in [1.82, 2.24) is 9.97 Å². The molecule has 0 amide bonds. The van der Waals surface area contributed by atoms with Gasteiger partial charge in [0, 0.05) is 13.2 Å². The molecule has 1 aromatic heterocycles. The van der Waals surface area contributed by atoms with Gasteiger partial charge in [0.15, 0.2) is 11.6 Å². The van der Waals surface area contributed by atoms with Gasteiger partial charge in [-0.05, 0) is 19.8 Å². The fourth-order valence-corrected chi connectivity index (χ4v) is 2.08. The highest BCUT2D eigenvalue weighted by Gasteiger charge is 2.31. The topological polar surface area (TPSA) is 68.3 Å². The zero-order valence-electron chi connectivity index (χ0n) is 11.8. The van der Waals surface area contributed by atoms with Crippen LogP contribution in [0.15, 0.2) is 6.33 Å². The van der Waals surface area contributed by atoms with E-state index in [0.717, 1.165) is 31.8 Å². The quantitative estimate of drug-likeness (QED) is 0.819. The Morgan fingerprint density at radius 2 is 2.21 bits per heavy atom. The van der Waals surface area contributed by atoms with Crippen LogP contribution in [0.3, 0.4) is 0 Å². The second-order valence-corrected chi connectivity index (χ2v) is 5.02. The number of ether oxygens (including phenoxy) is 2. The summed E-state index contributed by atoms with van der Waals surface area (Å²) in [4.78, 5) is 8.51. The summed E-state index contributed by atoms with van der Waals surface area (Å²) < 4.78 is 10.9. The molecule has 0 saturated carbocycles. The van der Waals surface area contributed by atoms with Crippen LogP contribution in [0.2, 0.25) is 0 Å². The molecule has 19 heavy (non-hydrogen) atoms. The van der Waals surface area contributed by atoms with E-state index in [-0.39, 0.29) is 5.54 Å². The second kappa shape index (κ2) is 6.06. The van der Waals surface area contributed by atoms with Crippen LogP contribution in [0.4, 0.5) is 11.6 Å². The minimum atomic E-state index is -0.0936. The zero-order chi connectivity index (χ0) is 13.7. The number of aromatic nitrogens is 2. The fraction of sp³-hybridized carbons (Fsp3) is 0.692. The van der Waals surface area contributed by atoms with Crippen molar-refractivity contribution < 1.29 is 9.47 Å². The van der Waals surface area contributed by atoms with E-state index in [1.807, 2.05) is 0 Å². The summed E-state index contributed by atoms with van der Waals surface area (Å²) in [5, 5.41) is 6.66. The molecule has 6 heteroatoms. The summed E-state index contributed by atoms with van der Waals surface area (Å²) in [6.45, 7) is 6.54. The van der Waals surface area contributed by atoms with Crippen LogP contribution in [-0.4, -0.2) is 42.4 Å². The third-order valence-corrected chi connectivity index (χ3v) is 3.19. The van der Waals surface area contributed by atoms with Crippen LogP contribution in [-0.2, 0) is 4.74 Å². The Labute approximate surface area is 113 Å². The van der Waals surface area contributed by atoms with E-state index < -0.39 is 0 Å². The number of nitrogens with one attached hydrogen (secondary N) is 2. The molecule has 0 aliphatic carbocycles. The molecule has 106 valence electrons. The third kappa shape index (κ3) is 3.26. The molecule has 0 bridgehead atoms. The van der Waals surface area contributed by atoms with Crippen molar-refractivity contribution >= 4 is 11.6 Å². The molecule has 1 aliphatic rings. The molecule has 0 aromatic carbocycles. The first-order valence-corrected chi connectivity index (χ1v) is 6.67. The molecule has 0 radical (unpaired) electrons. The first-order chi connectivity index (χ1) is 9.18. The van der Waals surface area contributed by atoms with Gasteiger partial charge in [-0.25, -0.2) is 9.97 Å². The number of anilines is 2. The Balaban J connectivity index is 2.19. The average molecular weight is 266 g/mol. The maximum absolute atomic E-state index is 5.44. The van der Waals surface area contributed by atoms with Gasteiger partial charge in [0.25, 0.3) is 0 Å². The second-order valence-electron chi connectivity index (χ2n) is 5.02. The summed E-state index contributed by atoms with van der Waals surface area (Å²) in [5.41, 5.74) is -0.0936. The number of hydrogen-bond acceptors (Lipinski definition) is 6. The van der Waals surface area contributed by atoms with Gasteiger partial charge in [-0.2, -0.15) is 0 Å². The van der Waals surface area contributed by atoms with Crippen LogP contribution < -0.4 is 15.4 Å². The molecule has 2 N–H and O–H groups in total. The van der Waals surface area contributed by atoms with Crippen molar-refractivity contribution in [3.05, 3.63) is 6.33 Å². The lowest BCUT2D eigenvalue weighted by Crippen LogP contribution is -2.35. The largest absolute Gasteiger partial charge is 0.490 e. The number of hydrogen-bond donors (Lipinski definition) is 2. The Hall–Kier alpha value is -1.56. The van der Waals surface area contributed by atoms with Crippen molar-refractivity contribution in [2.45, 2.75) is 32.2 Å². The summed E-state index contributed by atoms with van der Waals surface area (Å²) in [6.07, 6.45) is 3.53. The molecule has 1 unspecified atom stereocenters. The molecule has 2 rings (SSSR count). The highest BCUT2D eigenvalue weighted by Crippen LogP contribution is 2.32. The van der Waals surface area contributed by atoms with Gasteiger partial charge in [0.05, 0.1) is 19.3 Å². The Morgan fingerprint density at radius 1 is 1.42 bits per heavy atom. The molecule has 0 spiro atoms. The lowest BCUT2D eigenvalue weighted by molar-refractivity contribution is 0.185. The molecule has 1 atom stereocenters. The van der Waals surface area contributed by atoms with Gasteiger partial charge in [-0.3, -0.25) is 0 Å². The fourth-order valence-electron chi connectivity index (χ4n) is 2.08.